The fourth-order valence-corrected chi connectivity index (χ4v) is 3.24. The average Bonchev–Trinajstić information content (AvgIpc) is 2.31. The van der Waals surface area contributed by atoms with Crippen molar-refractivity contribution in [1.82, 2.24) is 5.32 Å². The molecule has 102 valence electrons. The minimum absolute atomic E-state index is 0.188. The van der Waals surface area contributed by atoms with Crippen LogP contribution in [0.2, 0.25) is 0 Å². The van der Waals surface area contributed by atoms with E-state index in [1.165, 1.54) is 7.05 Å². The van der Waals surface area contributed by atoms with E-state index in [0.717, 1.165) is 12.1 Å². The van der Waals surface area contributed by atoms with Crippen LogP contribution in [0.25, 0.3) is 0 Å². The molecule has 0 bridgehead atoms. The van der Waals surface area contributed by atoms with E-state index in [4.69, 9.17) is 5.11 Å². The molecule has 0 spiro atoms. The molecule has 0 radical (unpaired) electrons. The molecule has 1 aromatic carbocycles. The van der Waals surface area contributed by atoms with E-state index in [1.807, 2.05) is 0 Å². The number of aliphatic hydroxyl groups is 1. The fourth-order valence-electron chi connectivity index (χ4n) is 1.54. The van der Waals surface area contributed by atoms with Gasteiger partial charge in [0.05, 0.1) is 5.75 Å². The van der Waals surface area contributed by atoms with Crippen LogP contribution >= 0.6 is 0 Å². The molecule has 0 amide bonds. The molecule has 0 aliphatic carbocycles. The number of aliphatic hydroxyl groups excluding tert-OH is 1. The van der Waals surface area contributed by atoms with Crippen molar-refractivity contribution in [3.05, 3.63) is 29.8 Å². The zero-order valence-corrected chi connectivity index (χ0v) is 10.7. The number of sulfone groups is 1. The van der Waals surface area contributed by atoms with Crippen LogP contribution in [0, 0.1) is 11.6 Å². The summed E-state index contributed by atoms with van der Waals surface area (Å²) in [7, 11) is -2.40. The van der Waals surface area contributed by atoms with Gasteiger partial charge in [-0.15, -0.1) is 0 Å². The van der Waals surface area contributed by atoms with Crippen LogP contribution < -0.4 is 5.32 Å². The van der Waals surface area contributed by atoms with Crippen LogP contribution in [-0.4, -0.2) is 39.0 Å². The molecule has 18 heavy (non-hydrogen) atoms. The topological polar surface area (TPSA) is 66.4 Å². The highest BCUT2D eigenvalue weighted by Crippen LogP contribution is 2.18. The van der Waals surface area contributed by atoms with E-state index >= 15 is 0 Å². The summed E-state index contributed by atoms with van der Waals surface area (Å²) in [6.07, 6.45) is 0.215. The molecule has 4 nitrogen and oxygen atoms in total. The molecule has 0 saturated carbocycles. The molecule has 1 aromatic rings. The Morgan fingerprint density at radius 2 is 2.06 bits per heavy atom. The maximum absolute atomic E-state index is 13.4. The van der Waals surface area contributed by atoms with Crippen LogP contribution in [-0.2, 0) is 9.84 Å². The number of hydrogen-bond acceptors (Lipinski definition) is 4. The SMILES string of the molecule is CNC(CCO)CS(=O)(=O)c1cc(F)ccc1F. The first-order chi connectivity index (χ1) is 8.40. The largest absolute Gasteiger partial charge is 0.396 e. The first kappa shape index (κ1) is 15.0. The van der Waals surface area contributed by atoms with Crippen molar-refractivity contribution in [1.29, 1.82) is 0 Å². The normalized spacial score (nSPS) is 13.6. The van der Waals surface area contributed by atoms with Gasteiger partial charge in [0.2, 0.25) is 0 Å². The molecule has 1 rings (SSSR count). The van der Waals surface area contributed by atoms with Gasteiger partial charge in [0.25, 0.3) is 0 Å². The average molecular weight is 279 g/mol. The van der Waals surface area contributed by atoms with Gasteiger partial charge in [-0.25, -0.2) is 17.2 Å². The Bertz CT molecular complexity index is 505. The van der Waals surface area contributed by atoms with Crippen LogP contribution in [0.15, 0.2) is 23.1 Å². The van der Waals surface area contributed by atoms with Crippen molar-refractivity contribution >= 4 is 9.84 Å². The second-order valence-electron chi connectivity index (χ2n) is 3.85. The lowest BCUT2D eigenvalue weighted by atomic mass is 10.2. The molecular weight excluding hydrogens is 264 g/mol. The lowest BCUT2D eigenvalue weighted by molar-refractivity contribution is 0.272. The molecule has 0 saturated heterocycles. The predicted molar refractivity (Wildman–Crippen MR) is 63.0 cm³/mol. The van der Waals surface area contributed by atoms with Crippen molar-refractivity contribution in [3.63, 3.8) is 0 Å². The molecule has 0 aliphatic heterocycles. The molecule has 0 fully saturated rings. The molecule has 1 atom stereocenters. The van der Waals surface area contributed by atoms with Crippen molar-refractivity contribution < 1.29 is 22.3 Å². The van der Waals surface area contributed by atoms with E-state index < -0.39 is 38.2 Å². The highest BCUT2D eigenvalue weighted by Gasteiger charge is 2.23. The Morgan fingerprint density at radius 1 is 1.39 bits per heavy atom. The minimum atomic E-state index is -3.94. The third kappa shape index (κ3) is 3.72. The Kier molecular flexibility index (Phi) is 5.18. The summed E-state index contributed by atoms with van der Waals surface area (Å²) in [4.78, 5) is -0.652. The van der Waals surface area contributed by atoms with Crippen molar-refractivity contribution in [2.75, 3.05) is 19.4 Å². The van der Waals surface area contributed by atoms with Crippen LogP contribution in [0.1, 0.15) is 6.42 Å². The maximum Gasteiger partial charge on any atom is 0.182 e. The summed E-state index contributed by atoms with van der Waals surface area (Å²) >= 11 is 0. The summed E-state index contributed by atoms with van der Waals surface area (Å²) in [5, 5.41) is 11.5. The van der Waals surface area contributed by atoms with Gasteiger partial charge in [0.15, 0.2) is 9.84 Å². The van der Waals surface area contributed by atoms with E-state index in [1.54, 1.807) is 0 Å². The molecule has 0 aromatic heterocycles. The number of benzene rings is 1. The number of nitrogens with one attached hydrogen (secondary N) is 1. The number of hydrogen-bond donors (Lipinski definition) is 2. The fraction of sp³-hybridized carbons (Fsp3) is 0.455. The summed E-state index contributed by atoms with van der Waals surface area (Å²) in [6, 6.07) is 1.79. The zero-order chi connectivity index (χ0) is 13.8. The molecule has 1 unspecified atom stereocenters. The third-order valence-corrected chi connectivity index (χ3v) is 4.36. The third-order valence-electron chi connectivity index (χ3n) is 2.53. The highest BCUT2D eigenvalue weighted by atomic mass is 32.2. The lowest BCUT2D eigenvalue weighted by Gasteiger charge is -2.15. The lowest BCUT2D eigenvalue weighted by Crippen LogP contribution is -2.34. The smallest absolute Gasteiger partial charge is 0.182 e. The van der Waals surface area contributed by atoms with Crippen LogP contribution in [0.5, 0.6) is 0 Å². The van der Waals surface area contributed by atoms with Crippen molar-refractivity contribution in [2.45, 2.75) is 17.4 Å². The van der Waals surface area contributed by atoms with E-state index in [-0.39, 0.29) is 13.0 Å². The monoisotopic (exact) mass is 279 g/mol. The van der Waals surface area contributed by atoms with Gasteiger partial charge in [-0.05, 0) is 31.7 Å². The quantitative estimate of drug-likeness (QED) is 0.805. The first-order valence-corrected chi connectivity index (χ1v) is 7.02. The predicted octanol–water partition coefficient (Wildman–Crippen LogP) is 0.709. The Labute approximate surface area is 105 Å². The Morgan fingerprint density at radius 3 is 2.61 bits per heavy atom. The summed E-state index contributed by atoms with van der Waals surface area (Å²) in [5.74, 6) is -2.18. The molecule has 0 aliphatic rings. The number of halogens is 2. The van der Waals surface area contributed by atoms with E-state index in [9.17, 15) is 17.2 Å². The van der Waals surface area contributed by atoms with Crippen molar-refractivity contribution in [2.24, 2.45) is 0 Å². The van der Waals surface area contributed by atoms with Crippen LogP contribution in [0.4, 0.5) is 8.78 Å². The van der Waals surface area contributed by atoms with Gasteiger partial charge in [0.1, 0.15) is 16.5 Å². The van der Waals surface area contributed by atoms with Gasteiger partial charge >= 0.3 is 0 Å². The van der Waals surface area contributed by atoms with Gasteiger partial charge in [-0.3, -0.25) is 0 Å². The summed E-state index contributed by atoms with van der Waals surface area (Å²) in [6.45, 7) is -0.188. The Hall–Kier alpha value is -1.05. The standard InChI is InChI=1S/C11H15F2NO3S/c1-14-9(4-5-15)7-18(16,17)11-6-8(12)2-3-10(11)13/h2-3,6,9,14-15H,4-5,7H2,1H3. The van der Waals surface area contributed by atoms with E-state index in [0.29, 0.717) is 6.07 Å². The van der Waals surface area contributed by atoms with Gasteiger partial charge in [-0.1, -0.05) is 0 Å². The maximum atomic E-state index is 13.4. The summed E-state index contributed by atoms with van der Waals surface area (Å²) in [5.41, 5.74) is 0. The Balaban J connectivity index is 3.02. The minimum Gasteiger partial charge on any atom is -0.396 e. The summed E-state index contributed by atoms with van der Waals surface area (Å²) < 4.78 is 50.2. The van der Waals surface area contributed by atoms with Gasteiger partial charge in [-0.2, -0.15) is 0 Å². The second kappa shape index (κ2) is 6.21. The molecule has 0 heterocycles. The molecule has 7 heteroatoms. The molecule has 2 N–H and O–H groups in total. The second-order valence-corrected chi connectivity index (χ2v) is 5.86. The van der Waals surface area contributed by atoms with Gasteiger partial charge in [0, 0.05) is 12.6 Å². The number of rotatable bonds is 6. The highest BCUT2D eigenvalue weighted by molar-refractivity contribution is 7.91. The zero-order valence-electron chi connectivity index (χ0n) is 9.86. The van der Waals surface area contributed by atoms with E-state index in [2.05, 4.69) is 5.32 Å². The molecular formula is C11H15F2NO3S. The van der Waals surface area contributed by atoms with Crippen LogP contribution in [0.3, 0.4) is 0 Å². The van der Waals surface area contributed by atoms with Gasteiger partial charge < -0.3 is 10.4 Å². The first-order valence-electron chi connectivity index (χ1n) is 5.36. The van der Waals surface area contributed by atoms with Crippen molar-refractivity contribution in [3.8, 4) is 0 Å².